The summed E-state index contributed by atoms with van der Waals surface area (Å²) in [5.74, 6) is -0.348. The van der Waals surface area contributed by atoms with Crippen molar-refractivity contribution in [2.45, 2.75) is 33.1 Å². The van der Waals surface area contributed by atoms with E-state index in [2.05, 4.69) is 10.3 Å². The second kappa shape index (κ2) is 6.83. The van der Waals surface area contributed by atoms with Gasteiger partial charge in [0.2, 0.25) is 0 Å². The minimum Gasteiger partial charge on any atom is -0.481 e. The van der Waals surface area contributed by atoms with Crippen LogP contribution < -0.4 is 5.32 Å². The maximum absolute atomic E-state index is 10.6. The molecule has 0 radical (unpaired) electrons. The molecule has 0 bridgehead atoms. The van der Waals surface area contributed by atoms with Crippen LogP contribution in [0.4, 0.5) is 11.5 Å². The SMILES string of the molecule is CC(C)(CCNc1cc([N+](=O)[O-])ccn1)CCC(=O)O. The number of hydrogen-bond donors (Lipinski definition) is 2. The highest BCUT2D eigenvalue weighted by Gasteiger charge is 2.18. The fourth-order valence-electron chi connectivity index (χ4n) is 1.73. The summed E-state index contributed by atoms with van der Waals surface area (Å²) < 4.78 is 0. The van der Waals surface area contributed by atoms with Gasteiger partial charge in [0.05, 0.1) is 11.0 Å². The molecule has 1 aromatic heterocycles. The number of aliphatic carboxylic acids is 1. The van der Waals surface area contributed by atoms with E-state index in [-0.39, 0.29) is 17.5 Å². The Morgan fingerprint density at radius 2 is 2.20 bits per heavy atom. The normalized spacial score (nSPS) is 11.1. The Morgan fingerprint density at radius 3 is 2.80 bits per heavy atom. The molecule has 0 saturated heterocycles. The average Bonchev–Trinajstić information content (AvgIpc) is 2.37. The lowest BCUT2D eigenvalue weighted by atomic mass is 9.84. The number of rotatable bonds is 8. The topological polar surface area (TPSA) is 105 Å². The summed E-state index contributed by atoms with van der Waals surface area (Å²) in [4.78, 5) is 24.7. The minimum atomic E-state index is -0.800. The van der Waals surface area contributed by atoms with Crippen molar-refractivity contribution in [1.82, 2.24) is 4.98 Å². The molecule has 1 rings (SSSR count). The molecule has 20 heavy (non-hydrogen) atoms. The molecule has 7 nitrogen and oxygen atoms in total. The third kappa shape index (κ3) is 5.64. The first-order chi connectivity index (χ1) is 9.30. The van der Waals surface area contributed by atoms with E-state index in [0.717, 1.165) is 6.42 Å². The number of hydrogen-bond acceptors (Lipinski definition) is 5. The van der Waals surface area contributed by atoms with Crippen molar-refractivity contribution in [3.63, 3.8) is 0 Å². The van der Waals surface area contributed by atoms with E-state index < -0.39 is 10.9 Å². The Kier molecular flexibility index (Phi) is 5.42. The van der Waals surface area contributed by atoms with Crippen molar-refractivity contribution in [3.8, 4) is 0 Å². The van der Waals surface area contributed by atoms with E-state index >= 15 is 0 Å². The number of pyridine rings is 1. The number of carboxylic acid groups (broad SMARTS) is 1. The Morgan fingerprint density at radius 1 is 1.50 bits per heavy atom. The lowest BCUT2D eigenvalue weighted by Crippen LogP contribution is -2.18. The van der Waals surface area contributed by atoms with Gasteiger partial charge in [-0.05, 0) is 18.3 Å². The summed E-state index contributed by atoms with van der Waals surface area (Å²) in [6, 6.07) is 2.71. The van der Waals surface area contributed by atoms with Gasteiger partial charge >= 0.3 is 5.97 Å². The molecular weight excluding hydrogens is 262 g/mol. The van der Waals surface area contributed by atoms with Crippen molar-refractivity contribution in [1.29, 1.82) is 0 Å². The maximum atomic E-state index is 10.6. The van der Waals surface area contributed by atoms with Gasteiger partial charge in [-0.2, -0.15) is 0 Å². The second-order valence-corrected chi connectivity index (χ2v) is 5.39. The van der Waals surface area contributed by atoms with Crippen LogP contribution in [-0.4, -0.2) is 27.5 Å². The van der Waals surface area contributed by atoms with E-state index in [1.54, 1.807) is 0 Å². The summed E-state index contributed by atoms with van der Waals surface area (Å²) in [6.45, 7) is 4.58. The first-order valence-electron chi connectivity index (χ1n) is 6.36. The summed E-state index contributed by atoms with van der Waals surface area (Å²) in [5.41, 5.74) is -0.112. The number of aromatic nitrogens is 1. The summed E-state index contributed by atoms with van der Waals surface area (Å²) >= 11 is 0. The molecule has 7 heteroatoms. The summed E-state index contributed by atoms with van der Waals surface area (Å²) in [6.07, 6.45) is 2.87. The van der Waals surface area contributed by atoms with Crippen LogP contribution >= 0.6 is 0 Å². The molecule has 0 aliphatic carbocycles. The number of carboxylic acids is 1. The molecule has 0 atom stereocenters. The fourth-order valence-corrected chi connectivity index (χ4v) is 1.73. The molecule has 2 N–H and O–H groups in total. The molecule has 1 aromatic rings. The molecule has 0 aromatic carbocycles. The first-order valence-corrected chi connectivity index (χ1v) is 6.36. The summed E-state index contributed by atoms with van der Waals surface area (Å²) in [5, 5.41) is 22.3. The lowest BCUT2D eigenvalue weighted by Gasteiger charge is -2.23. The van der Waals surface area contributed by atoms with Gasteiger partial charge in [0.1, 0.15) is 5.82 Å². The van der Waals surface area contributed by atoms with Gasteiger partial charge < -0.3 is 10.4 Å². The first kappa shape index (κ1) is 15.9. The monoisotopic (exact) mass is 281 g/mol. The third-order valence-corrected chi connectivity index (χ3v) is 3.08. The zero-order chi connectivity index (χ0) is 15.2. The van der Waals surface area contributed by atoms with Crippen molar-refractivity contribution in [3.05, 3.63) is 28.4 Å². The molecule has 0 fully saturated rings. The van der Waals surface area contributed by atoms with Crippen LogP contribution in [0.3, 0.4) is 0 Å². The van der Waals surface area contributed by atoms with Crippen molar-refractivity contribution < 1.29 is 14.8 Å². The Balaban J connectivity index is 2.45. The Hall–Kier alpha value is -2.18. The number of nitro groups is 1. The predicted octanol–water partition coefficient (Wildman–Crippen LogP) is 2.68. The van der Waals surface area contributed by atoms with Gasteiger partial charge in [-0.1, -0.05) is 13.8 Å². The molecule has 0 saturated carbocycles. The average molecular weight is 281 g/mol. The second-order valence-electron chi connectivity index (χ2n) is 5.39. The highest BCUT2D eigenvalue weighted by Crippen LogP contribution is 2.26. The number of carbonyl (C=O) groups is 1. The van der Waals surface area contributed by atoms with Crippen LogP contribution in [0.5, 0.6) is 0 Å². The molecule has 0 spiro atoms. The van der Waals surface area contributed by atoms with Crippen LogP contribution in [0.25, 0.3) is 0 Å². The summed E-state index contributed by atoms with van der Waals surface area (Å²) in [7, 11) is 0. The van der Waals surface area contributed by atoms with Crippen molar-refractivity contribution in [2.75, 3.05) is 11.9 Å². The number of anilines is 1. The lowest BCUT2D eigenvalue weighted by molar-refractivity contribution is -0.384. The Bertz CT molecular complexity index is 488. The zero-order valence-electron chi connectivity index (χ0n) is 11.6. The van der Waals surface area contributed by atoms with Gasteiger partial charge in [0.25, 0.3) is 5.69 Å². The smallest absolute Gasteiger partial charge is 0.303 e. The molecule has 0 amide bonds. The van der Waals surface area contributed by atoms with Crippen molar-refractivity contribution in [2.24, 2.45) is 5.41 Å². The predicted molar refractivity (Wildman–Crippen MR) is 74.6 cm³/mol. The van der Waals surface area contributed by atoms with E-state index in [0.29, 0.717) is 18.8 Å². The highest BCUT2D eigenvalue weighted by molar-refractivity contribution is 5.66. The van der Waals surface area contributed by atoms with Crippen LogP contribution in [0.15, 0.2) is 18.3 Å². The minimum absolute atomic E-state index is 0.00682. The zero-order valence-corrected chi connectivity index (χ0v) is 11.6. The van der Waals surface area contributed by atoms with Crippen LogP contribution in [0, 0.1) is 15.5 Å². The standard InChI is InChI=1S/C13H19N3O4/c1-13(2,5-3-12(17)18)6-8-15-11-9-10(16(19)20)4-7-14-11/h4,7,9H,3,5-6,8H2,1-2H3,(H,14,15)(H,17,18). The van der Waals surface area contributed by atoms with E-state index in [9.17, 15) is 14.9 Å². The van der Waals surface area contributed by atoms with Crippen LogP contribution in [0.1, 0.15) is 33.1 Å². The molecule has 0 aliphatic heterocycles. The van der Waals surface area contributed by atoms with E-state index in [4.69, 9.17) is 5.11 Å². The van der Waals surface area contributed by atoms with Crippen LogP contribution in [0.2, 0.25) is 0 Å². The number of nitrogens with one attached hydrogen (secondary N) is 1. The largest absolute Gasteiger partial charge is 0.481 e. The van der Waals surface area contributed by atoms with Gasteiger partial charge in [-0.3, -0.25) is 14.9 Å². The van der Waals surface area contributed by atoms with Gasteiger partial charge in [0.15, 0.2) is 0 Å². The highest BCUT2D eigenvalue weighted by atomic mass is 16.6. The molecular formula is C13H19N3O4. The molecule has 1 heterocycles. The maximum Gasteiger partial charge on any atom is 0.303 e. The van der Waals surface area contributed by atoms with E-state index in [1.165, 1.54) is 18.3 Å². The Labute approximate surface area is 117 Å². The van der Waals surface area contributed by atoms with Gasteiger partial charge in [0, 0.05) is 25.2 Å². The molecule has 0 unspecified atom stereocenters. The molecule has 110 valence electrons. The van der Waals surface area contributed by atoms with Crippen molar-refractivity contribution >= 4 is 17.5 Å². The number of nitrogens with zero attached hydrogens (tertiary/aromatic N) is 2. The van der Waals surface area contributed by atoms with Gasteiger partial charge in [-0.15, -0.1) is 0 Å². The fraction of sp³-hybridized carbons (Fsp3) is 0.538. The third-order valence-electron chi connectivity index (χ3n) is 3.08. The quantitative estimate of drug-likeness (QED) is 0.560. The van der Waals surface area contributed by atoms with Gasteiger partial charge in [-0.25, -0.2) is 4.98 Å². The van der Waals surface area contributed by atoms with E-state index in [1.807, 2.05) is 13.8 Å². The van der Waals surface area contributed by atoms with Crippen LogP contribution in [-0.2, 0) is 4.79 Å². The molecule has 0 aliphatic rings.